The Kier molecular flexibility index (Phi) is 3.04. The van der Waals surface area contributed by atoms with Crippen molar-refractivity contribution in [3.05, 3.63) is 39.7 Å². The zero-order chi connectivity index (χ0) is 11.6. The van der Waals surface area contributed by atoms with E-state index in [-0.39, 0.29) is 5.41 Å². The van der Waals surface area contributed by atoms with Gasteiger partial charge in [-0.3, -0.25) is 10.1 Å². The molecule has 0 unspecified atom stereocenters. The van der Waals surface area contributed by atoms with Gasteiger partial charge in [0, 0.05) is 18.0 Å². The second kappa shape index (κ2) is 3.94. The first-order chi connectivity index (χ1) is 6.88. The molecule has 1 rings (SSSR count). The van der Waals surface area contributed by atoms with Crippen LogP contribution in [0, 0.1) is 15.9 Å². The van der Waals surface area contributed by atoms with E-state index in [0.29, 0.717) is 12.1 Å². The average molecular weight is 212 g/mol. The second-order valence-corrected chi connectivity index (χ2v) is 4.01. The van der Waals surface area contributed by atoms with Gasteiger partial charge in [-0.15, -0.1) is 0 Å². The second-order valence-electron chi connectivity index (χ2n) is 4.01. The van der Waals surface area contributed by atoms with Gasteiger partial charge in [0.25, 0.3) is 0 Å². The van der Waals surface area contributed by atoms with Gasteiger partial charge in [-0.1, -0.05) is 19.9 Å². The molecule has 0 saturated carbocycles. The van der Waals surface area contributed by atoms with Crippen LogP contribution in [-0.4, -0.2) is 11.5 Å². The van der Waals surface area contributed by atoms with Gasteiger partial charge in [-0.25, -0.2) is 0 Å². The number of nitro groups is 1. The van der Waals surface area contributed by atoms with Crippen LogP contribution in [-0.2, 0) is 5.41 Å². The molecule has 0 aromatic heterocycles. The summed E-state index contributed by atoms with van der Waals surface area (Å²) in [6.07, 6.45) is 0. The predicted octanol–water partition coefficient (Wildman–Crippen LogP) is 1.97. The maximum absolute atomic E-state index is 13.3. The Labute approximate surface area is 87.0 Å². The summed E-state index contributed by atoms with van der Waals surface area (Å²) in [5.74, 6) is -0.820. The van der Waals surface area contributed by atoms with E-state index in [4.69, 9.17) is 5.73 Å². The number of rotatable bonds is 3. The van der Waals surface area contributed by atoms with Crippen LogP contribution in [0.4, 0.5) is 10.1 Å². The van der Waals surface area contributed by atoms with Crippen molar-refractivity contribution in [2.24, 2.45) is 5.73 Å². The lowest BCUT2D eigenvalue weighted by atomic mass is 9.85. The molecular weight excluding hydrogens is 199 g/mol. The molecule has 15 heavy (non-hydrogen) atoms. The molecule has 0 aliphatic carbocycles. The Balaban J connectivity index is 3.18. The first-order valence-electron chi connectivity index (χ1n) is 4.53. The highest BCUT2D eigenvalue weighted by atomic mass is 19.1. The van der Waals surface area contributed by atoms with Crippen LogP contribution >= 0.6 is 0 Å². The predicted molar refractivity (Wildman–Crippen MR) is 55.1 cm³/mol. The lowest BCUT2D eigenvalue weighted by Crippen LogP contribution is -2.28. The van der Waals surface area contributed by atoms with Gasteiger partial charge in [-0.2, -0.15) is 4.39 Å². The lowest BCUT2D eigenvalue weighted by molar-refractivity contribution is -0.387. The highest BCUT2D eigenvalue weighted by molar-refractivity contribution is 5.37. The molecule has 4 nitrogen and oxygen atoms in total. The summed E-state index contributed by atoms with van der Waals surface area (Å²) >= 11 is 0. The molecule has 1 aromatic carbocycles. The number of halogens is 1. The van der Waals surface area contributed by atoms with Gasteiger partial charge in [0.1, 0.15) is 0 Å². The van der Waals surface area contributed by atoms with E-state index in [2.05, 4.69) is 0 Å². The number of benzene rings is 1. The van der Waals surface area contributed by atoms with Crippen LogP contribution < -0.4 is 5.73 Å². The molecule has 0 radical (unpaired) electrons. The fourth-order valence-electron chi connectivity index (χ4n) is 1.19. The molecule has 0 atom stereocenters. The van der Waals surface area contributed by atoms with Crippen molar-refractivity contribution in [2.45, 2.75) is 19.3 Å². The van der Waals surface area contributed by atoms with Gasteiger partial charge in [0.2, 0.25) is 5.82 Å². The van der Waals surface area contributed by atoms with Crippen LogP contribution in [0.2, 0.25) is 0 Å². The maximum Gasteiger partial charge on any atom is 0.304 e. The van der Waals surface area contributed by atoms with E-state index in [1.165, 1.54) is 18.2 Å². The van der Waals surface area contributed by atoms with Crippen molar-refractivity contribution in [3.63, 3.8) is 0 Å². The van der Waals surface area contributed by atoms with Gasteiger partial charge in [0.15, 0.2) is 0 Å². The quantitative estimate of drug-likeness (QED) is 0.615. The number of nitro benzene ring substituents is 1. The average Bonchev–Trinajstić information content (AvgIpc) is 2.17. The minimum atomic E-state index is -0.820. The Morgan fingerprint density at radius 1 is 1.53 bits per heavy atom. The lowest BCUT2D eigenvalue weighted by Gasteiger charge is -2.22. The van der Waals surface area contributed by atoms with Gasteiger partial charge in [-0.05, 0) is 11.6 Å². The zero-order valence-corrected chi connectivity index (χ0v) is 8.66. The number of hydrogen-bond acceptors (Lipinski definition) is 3. The summed E-state index contributed by atoms with van der Waals surface area (Å²) in [6, 6.07) is 3.88. The fraction of sp³-hybridized carbons (Fsp3) is 0.400. The molecule has 0 amide bonds. The van der Waals surface area contributed by atoms with Crippen molar-refractivity contribution in [3.8, 4) is 0 Å². The van der Waals surface area contributed by atoms with Crippen molar-refractivity contribution < 1.29 is 9.31 Å². The molecular formula is C10H13FN2O2. The molecule has 0 saturated heterocycles. The van der Waals surface area contributed by atoms with Gasteiger partial charge in [0.05, 0.1) is 4.92 Å². The number of hydrogen-bond donors (Lipinski definition) is 1. The molecule has 2 N–H and O–H groups in total. The number of nitrogens with two attached hydrogens (primary N) is 1. The third-order valence-electron chi connectivity index (χ3n) is 2.44. The molecule has 0 bridgehead atoms. The summed E-state index contributed by atoms with van der Waals surface area (Å²) in [6.45, 7) is 4.06. The molecule has 0 heterocycles. The Bertz CT molecular complexity index is 391. The van der Waals surface area contributed by atoms with Crippen LogP contribution in [0.5, 0.6) is 0 Å². The summed E-state index contributed by atoms with van der Waals surface area (Å²) in [5, 5.41) is 10.4. The first kappa shape index (κ1) is 11.6. The van der Waals surface area contributed by atoms with Crippen LogP contribution in [0.25, 0.3) is 0 Å². The summed E-state index contributed by atoms with van der Waals surface area (Å²) in [5.41, 5.74) is 5.30. The third kappa shape index (κ3) is 2.30. The van der Waals surface area contributed by atoms with E-state index < -0.39 is 16.4 Å². The van der Waals surface area contributed by atoms with Crippen molar-refractivity contribution in [2.75, 3.05) is 6.54 Å². The monoisotopic (exact) mass is 212 g/mol. The highest BCUT2D eigenvalue weighted by Gasteiger charge is 2.22. The minimum Gasteiger partial charge on any atom is -0.330 e. The highest BCUT2D eigenvalue weighted by Crippen LogP contribution is 2.26. The van der Waals surface area contributed by atoms with Crippen LogP contribution in [0.15, 0.2) is 18.2 Å². The SMILES string of the molecule is CC(C)(CN)c1ccc([N+](=O)[O-])c(F)c1. The van der Waals surface area contributed by atoms with E-state index >= 15 is 0 Å². The van der Waals surface area contributed by atoms with Crippen molar-refractivity contribution >= 4 is 5.69 Å². The summed E-state index contributed by atoms with van der Waals surface area (Å²) in [4.78, 5) is 9.65. The molecule has 0 aliphatic rings. The molecule has 5 heteroatoms. The van der Waals surface area contributed by atoms with E-state index in [9.17, 15) is 14.5 Å². The molecule has 0 spiro atoms. The van der Waals surface area contributed by atoms with Gasteiger partial charge >= 0.3 is 5.69 Å². The van der Waals surface area contributed by atoms with Crippen molar-refractivity contribution in [1.29, 1.82) is 0 Å². The van der Waals surface area contributed by atoms with E-state index in [0.717, 1.165) is 0 Å². The summed E-state index contributed by atoms with van der Waals surface area (Å²) in [7, 11) is 0. The third-order valence-corrected chi connectivity index (χ3v) is 2.44. The normalized spacial score (nSPS) is 11.5. The Morgan fingerprint density at radius 2 is 2.13 bits per heavy atom. The minimum absolute atomic E-state index is 0.351. The maximum atomic E-state index is 13.3. The number of nitrogens with zero attached hydrogens (tertiary/aromatic N) is 1. The topological polar surface area (TPSA) is 69.2 Å². The summed E-state index contributed by atoms with van der Waals surface area (Å²) < 4.78 is 13.3. The molecule has 0 fully saturated rings. The van der Waals surface area contributed by atoms with Crippen molar-refractivity contribution in [1.82, 2.24) is 0 Å². The Hall–Kier alpha value is -1.49. The van der Waals surface area contributed by atoms with Crippen LogP contribution in [0.3, 0.4) is 0 Å². The van der Waals surface area contributed by atoms with E-state index in [1.807, 2.05) is 13.8 Å². The molecule has 0 aliphatic heterocycles. The standard InChI is InChI=1S/C10H13FN2O2/c1-10(2,6-12)7-3-4-9(13(14)15)8(11)5-7/h3-5H,6,12H2,1-2H3. The van der Waals surface area contributed by atoms with Crippen LogP contribution in [0.1, 0.15) is 19.4 Å². The molecule has 1 aromatic rings. The molecule has 82 valence electrons. The van der Waals surface area contributed by atoms with Gasteiger partial charge < -0.3 is 5.73 Å². The Morgan fingerprint density at radius 3 is 2.53 bits per heavy atom. The fourth-order valence-corrected chi connectivity index (χ4v) is 1.19. The first-order valence-corrected chi connectivity index (χ1v) is 4.53. The largest absolute Gasteiger partial charge is 0.330 e. The smallest absolute Gasteiger partial charge is 0.304 e. The zero-order valence-electron chi connectivity index (χ0n) is 8.66. The van der Waals surface area contributed by atoms with E-state index in [1.54, 1.807) is 0 Å².